The molecule has 0 heterocycles. The summed E-state index contributed by atoms with van der Waals surface area (Å²) in [6, 6.07) is 0. The standard InChI is InChI=1S/C7H16O2/c1-4-5-6(2)7(3,8)9/h6,8-9H,4-5H2,1-3H3. The topological polar surface area (TPSA) is 40.5 Å². The fourth-order valence-electron chi connectivity index (χ4n) is 0.706. The van der Waals surface area contributed by atoms with Crippen molar-refractivity contribution in [3.05, 3.63) is 0 Å². The molecule has 2 nitrogen and oxygen atoms in total. The molecule has 0 saturated carbocycles. The van der Waals surface area contributed by atoms with Gasteiger partial charge in [0.1, 0.15) is 0 Å². The molecule has 9 heavy (non-hydrogen) atoms. The summed E-state index contributed by atoms with van der Waals surface area (Å²) in [5, 5.41) is 17.9. The van der Waals surface area contributed by atoms with Gasteiger partial charge in [-0.05, 0) is 13.3 Å². The highest BCUT2D eigenvalue weighted by atomic mass is 16.5. The Morgan fingerprint density at radius 2 is 1.89 bits per heavy atom. The number of aliphatic hydroxyl groups is 2. The zero-order chi connectivity index (χ0) is 7.49. The van der Waals surface area contributed by atoms with E-state index >= 15 is 0 Å². The van der Waals surface area contributed by atoms with Gasteiger partial charge in [-0.15, -0.1) is 0 Å². The SMILES string of the molecule is CCCC(C)C(C)(O)O. The van der Waals surface area contributed by atoms with Crippen LogP contribution in [0.5, 0.6) is 0 Å². The summed E-state index contributed by atoms with van der Waals surface area (Å²) in [7, 11) is 0. The molecule has 0 aromatic carbocycles. The quantitative estimate of drug-likeness (QED) is 0.565. The smallest absolute Gasteiger partial charge is 0.162 e. The highest BCUT2D eigenvalue weighted by Gasteiger charge is 2.23. The van der Waals surface area contributed by atoms with Gasteiger partial charge >= 0.3 is 0 Å². The van der Waals surface area contributed by atoms with Crippen molar-refractivity contribution in [1.29, 1.82) is 0 Å². The van der Waals surface area contributed by atoms with Gasteiger partial charge in [0.2, 0.25) is 0 Å². The molecule has 2 N–H and O–H groups in total. The highest BCUT2D eigenvalue weighted by Crippen LogP contribution is 2.17. The van der Waals surface area contributed by atoms with Crippen molar-refractivity contribution >= 4 is 0 Å². The molecule has 0 fully saturated rings. The lowest BCUT2D eigenvalue weighted by molar-refractivity contribution is -0.182. The Morgan fingerprint density at radius 3 is 2.00 bits per heavy atom. The van der Waals surface area contributed by atoms with Gasteiger partial charge in [-0.1, -0.05) is 20.3 Å². The summed E-state index contributed by atoms with van der Waals surface area (Å²) in [6.07, 6.45) is 1.86. The van der Waals surface area contributed by atoms with Gasteiger partial charge < -0.3 is 10.2 Å². The summed E-state index contributed by atoms with van der Waals surface area (Å²) in [5.41, 5.74) is 0. The first kappa shape index (κ1) is 8.92. The van der Waals surface area contributed by atoms with Crippen LogP contribution < -0.4 is 0 Å². The number of hydrogen-bond donors (Lipinski definition) is 2. The zero-order valence-corrected chi connectivity index (χ0v) is 6.39. The maximum absolute atomic E-state index is 8.97. The molecule has 0 aliphatic heterocycles. The van der Waals surface area contributed by atoms with Gasteiger partial charge in [-0.2, -0.15) is 0 Å². The van der Waals surface area contributed by atoms with Gasteiger partial charge in [-0.25, -0.2) is 0 Å². The van der Waals surface area contributed by atoms with Crippen molar-refractivity contribution in [3.8, 4) is 0 Å². The number of hydrogen-bond acceptors (Lipinski definition) is 2. The molecule has 0 aromatic heterocycles. The van der Waals surface area contributed by atoms with Crippen LogP contribution in [0.4, 0.5) is 0 Å². The van der Waals surface area contributed by atoms with Crippen LogP contribution in [0.1, 0.15) is 33.6 Å². The summed E-state index contributed by atoms with van der Waals surface area (Å²) >= 11 is 0. The average Bonchev–Trinajstić information content (AvgIpc) is 1.64. The first-order valence-electron chi connectivity index (χ1n) is 3.43. The van der Waals surface area contributed by atoms with E-state index in [0.717, 1.165) is 12.8 Å². The van der Waals surface area contributed by atoms with E-state index < -0.39 is 5.79 Å². The predicted octanol–water partition coefficient (Wildman–Crippen LogP) is 1.12. The maximum atomic E-state index is 8.97. The van der Waals surface area contributed by atoms with Gasteiger partial charge in [0, 0.05) is 5.92 Å². The minimum atomic E-state index is -1.49. The molecule has 1 atom stereocenters. The van der Waals surface area contributed by atoms with Crippen LogP contribution >= 0.6 is 0 Å². The maximum Gasteiger partial charge on any atom is 0.162 e. The van der Waals surface area contributed by atoms with E-state index in [9.17, 15) is 0 Å². The highest BCUT2D eigenvalue weighted by molar-refractivity contribution is 4.64. The third-order valence-corrected chi connectivity index (χ3v) is 1.66. The molecule has 56 valence electrons. The molecule has 2 heteroatoms. The van der Waals surface area contributed by atoms with Crippen molar-refractivity contribution in [1.82, 2.24) is 0 Å². The van der Waals surface area contributed by atoms with Crippen LogP contribution in [0.2, 0.25) is 0 Å². The van der Waals surface area contributed by atoms with Crippen molar-refractivity contribution < 1.29 is 10.2 Å². The molecule has 0 spiro atoms. The Hall–Kier alpha value is -0.0800. The monoisotopic (exact) mass is 132 g/mol. The van der Waals surface area contributed by atoms with Crippen LogP contribution in [0, 0.1) is 5.92 Å². The van der Waals surface area contributed by atoms with Crippen LogP contribution in [0.3, 0.4) is 0 Å². The molecule has 0 bridgehead atoms. The van der Waals surface area contributed by atoms with Crippen molar-refractivity contribution in [2.24, 2.45) is 5.92 Å². The Labute approximate surface area is 56.5 Å². The van der Waals surface area contributed by atoms with E-state index in [-0.39, 0.29) is 5.92 Å². The molecular formula is C7H16O2. The van der Waals surface area contributed by atoms with Gasteiger partial charge in [0.15, 0.2) is 5.79 Å². The fourth-order valence-corrected chi connectivity index (χ4v) is 0.706. The molecule has 0 rings (SSSR count). The van der Waals surface area contributed by atoms with Crippen LogP contribution in [-0.4, -0.2) is 16.0 Å². The second-order valence-corrected chi connectivity index (χ2v) is 2.78. The molecule has 0 amide bonds. The summed E-state index contributed by atoms with van der Waals surface area (Å²) in [6.45, 7) is 5.29. The minimum Gasteiger partial charge on any atom is -0.366 e. The van der Waals surface area contributed by atoms with Crippen molar-refractivity contribution in [2.45, 2.75) is 39.4 Å². The Kier molecular flexibility index (Phi) is 3.15. The molecule has 0 aromatic rings. The normalized spacial score (nSPS) is 15.7. The van der Waals surface area contributed by atoms with Gasteiger partial charge in [0.25, 0.3) is 0 Å². The Morgan fingerprint density at radius 1 is 1.44 bits per heavy atom. The molecule has 0 radical (unpaired) electrons. The van der Waals surface area contributed by atoms with Crippen LogP contribution in [0.15, 0.2) is 0 Å². The average molecular weight is 132 g/mol. The molecule has 1 unspecified atom stereocenters. The second kappa shape index (κ2) is 3.18. The Balaban J connectivity index is 3.59. The van der Waals surface area contributed by atoms with Gasteiger partial charge in [0.05, 0.1) is 0 Å². The predicted molar refractivity (Wildman–Crippen MR) is 36.9 cm³/mol. The Bertz CT molecular complexity index is 73.5. The van der Waals surface area contributed by atoms with Crippen LogP contribution in [0.25, 0.3) is 0 Å². The van der Waals surface area contributed by atoms with E-state index in [1.807, 2.05) is 13.8 Å². The second-order valence-electron chi connectivity index (χ2n) is 2.78. The largest absolute Gasteiger partial charge is 0.366 e. The minimum absolute atomic E-state index is 0.0255. The zero-order valence-electron chi connectivity index (χ0n) is 6.39. The fraction of sp³-hybridized carbons (Fsp3) is 1.00. The van der Waals surface area contributed by atoms with Crippen molar-refractivity contribution in [2.75, 3.05) is 0 Å². The lowest BCUT2D eigenvalue weighted by Crippen LogP contribution is -2.31. The first-order chi connectivity index (χ1) is 3.98. The van der Waals surface area contributed by atoms with Gasteiger partial charge in [-0.3, -0.25) is 0 Å². The van der Waals surface area contributed by atoms with E-state index in [1.54, 1.807) is 0 Å². The molecule has 0 aliphatic rings. The summed E-state index contributed by atoms with van der Waals surface area (Å²) < 4.78 is 0. The van der Waals surface area contributed by atoms with E-state index in [2.05, 4.69) is 0 Å². The van der Waals surface area contributed by atoms with E-state index in [4.69, 9.17) is 10.2 Å². The molecular weight excluding hydrogens is 116 g/mol. The molecule has 0 saturated heterocycles. The third-order valence-electron chi connectivity index (χ3n) is 1.66. The van der Waals surface area contributed by atoms with Crippen LogP contribution in [-0.2, 0) is 0 Å². The molecule has 0 aliphatic carbocycles. The summed E-state index contributed by atoms with van der Waals surface area (Å²) in [4.78, 5) is 0. The first-order valence-corrected chi connectivity index (χ1v) is 3.43. The lowest BCUT2D eigenvalue weighted by atomic mass is 9.98. The van der Waals surface area contributed by atoms with Crippen molar-refractivity contribution in [3.63, 3.8) is 0 Å². The third kappa shape index (κ3) is 3.49. The van der Waals surface area contributed by atoms with E-state index in [0.29, 0.717) is 0 Å². The van der Waals surface area contributed by atoms with E-state index in [1.165, 1.54) is 6.92 Å². The summed E-state index contributed by atoms with van der Waals surface area (Å²) in [5.74, 6) is -1.52. The number of rotatable bonds is 3. The lowest BCUT2D eigenvalue weighted by Gasteiger charge is -2.23.